The number of aliphatic hydroxyl groups excluding tert-OH is 1. The van der Waals surface area contributed by atoms with Gasteiger partial charge in [0.15, 0.2) is 0 Å². The van der Waals surface area contributed by atoms with Crippen LogP contribution < -0.4 is 0 Å². The number of hydrogen-bond donors (Lipinski definition) is 1. The summed E-state index contributed by atoms with van der Waals surface area (Å²) in [5.74, 6) is 0. The maximum Gasteiger partial charge on any atom is 0.412 e. The molecule has 1 heterocycles. The Morgan fingerprint density at radius 3 is 2.39 bits per heavy atom. The Hall–Kier alpha value is -0.770. The van der Waals surface area contributed by atoms with Gasteiger partial charge in [-0.1, -0.05) is 12.8 Å². The number of carbonyl (C=O) groups is 1. The van der Waals surface area contributed by atoms with Gasteiger partial charge < -0.3 is 9.84 Å². The molecule has 2 fully saturated rings. The van der Waals surface area contributed by atoms with Gasteiger partial charge in [0.1, 0.15) is 11.8 Å². The van der Waals surface area contributed by atoms with Crippen LogP contribution in [0, 0.1) is 5.41 Å². The van der Waals surface area contributed by atoms with E-state index in [1.807, 2.05) is 27.7 Å². The van der Waals surface area contributed by atoms with Gasteiger partial charge in [0, 0.05) is 11.5 Å². The van der Waals surface area contributed by atoms with Crippen molar-refractivity contribution in [3.05, 3.63) is 0 Å². The smallest absolute Gasteiger partial charge is 0.412 e. The Bertz CT molecular complexity index is 328. The standard InChI is InChI=1S/C14H25NO3/c1-10-9-14(7-5-6-8-14)11(16)15(10)12(17)18-13(2,3)4/h10-11,16H,5-9H2,1-4H3. The van der Waals surface area contributed by atoms with Crippen molar-refractivity contribution >= 4 is 6.09 Å². The van der Waals surface area contributed by atoms with Gasteiger partial charge in [-0.15, -0.1) is 0 Å². The summed E-state index contributed by atoms with van der Waals surface area (Å²) in [5, 5.41) is 10.5. The summed E-state index contributed by atoms with van der Waals surface area (Å²) in [6.07, 6.45) is 4.21. The highest BCUT2D eigenvalue weighted by Gasteiger charge is 2.53. The van der Waals surface area contributed by atoms with Crippen LogP contribution >= 0.6 is 0 Å². The van der Waals surface area contributed by atoms with Gasteiger partial charge in [-0.25, -0.2) is 4.79 Å². The van der Waals surface area contributed by atoms with E-state index < -0.39 is 11.8 Å². The average Bonchev–Trinajstić information content (AvgIpc) is 2.72. The number of aliphatic hydroxyl groups is 1. The summed E-state index contributed by atoms with van der Waals surface area (Å²) < 4.78 is 5.39. The lowest BCUT2D eigenvalue weighted by Crippen LogP contribution is -2.46. The Morgan fingerprint density at radius 2 is 1.89 bits per heavy atom. The third-order valence-electron chi connectivity index (χ3n) is 4.19. The van der Waals surface area contributed by atoms with Crippen LogP contribution in [0.3, 0.4) is 0 Å². The molecule has 0 aromatic rings. The monoisotopic (exact) mass is 255 g/mol. The van der Waals surface area contributed by atoms with Crippen LogP contribution in [0.25, 0.3) is 0 Å². The maximum absolute atomic E-state index is 12.2. The van der Waals surface area contributed by atoms with E-state index in [1.165, 1.54) is 4.90 Å². The second-order valence-corrected chi connectivity index (χ2v) is 6.88. The SMILES string of the molecule is CC1CC2(CCCC2)C(O)N1C(=O)OC(C)(C)C. The van der Waals surface area contributed by atoms with Crippen molar-refractivity contribution in [1.82, 2.24) is 4.90 Å². The second-order valence-electron chi connectivity index (χ2n) is 6.88. The first-order valence-corrected chi connectivity index (χ1v) is 6.95. The first kappa shape index (κ1) is 13.7. The Morgan fingerprint density at radius 1 is 1.33 bits per heavy atom. The molecule has 4 heteroatoms. The second kappa shape index (κ2) is 4.41. The predicted octanol–water partition coefficient (Wildman–Crippen LogP) is 2.89. The average molecular weight is 255 g/mol. The van der Waals surface area contributed by atoms with Crippen LogP contribution in [0.5, 0.6) is 0 Å². The van der Waals surface area contributed by atoms with Gasteiger partial charge in [0.2, 0.25) is 0 Å². The molecule has 1 aliphatic heterocycles. The lowest BCUT2D eigenvalue weighted by atomic mass is 9.82. The number of carbonyl (C=O) groups excluding carboxylic acids is 1. The van der Waals surface area contributed by atoms with E-state index in [0.29, 0.717) is 0 Å². The van der Waals surface area contributed by atoms with Gasteiger partial charge in [-0.3, -0.25) is 4.90 Å². The van der Waals surface area contributed by atoms with E-state index in [9.17, 15) is 9.90 Å². The quantitative estimate of drug-likeness (QED) is 0.724. The highest BCUT2D eigenvalue weighted by Crippen LogP contribution is 2.51. The van der Waals surface area contributed by atoms with E-state index in [1.54, 1.807) is 0 Å². The van der Waals surface area contributed by atoms with Crippen molar-refractivity contribution in [2.75, 3.05) is 0 Å². The summed E-state index contributed by atoms with van der Waals surface area (Å²) in [6, 6.07) is 0.0629. The highest BCUT2D eigenvalue weighted by molar-refractivity contribution is 5.69. The van der Waals surface area contributed by atoms with Crippen LogP contribution in [0.15, 0.2) is 0 Å². The fraction of sp³-hybridized carbons (Fsp3) is 0.929. The summed E-state index contributed by atoms with van der Waals surface area (Å²) in [7, 11) is 0. The summed E-state index contributed by atoms with van der Waals surface area (Å²) >= 11 is 0. The van der Waals surface area contributed by atoms with E-state index in [-0.39, 0.29) is 17.6 Å². The molecule has 4 nitrogen and oxygen atoms in total. The highest BCUT2D eigenvalue weighted by atomic mass is 16.6. The van der Waals surface area contributed by atoms with Crippen molar-refractivity contribution in [3.63, 3.8) is 0 Å². The molecule has 2 atom stereocenters. The van der Waals surface area contributed by atoms with Gasteiger partial charge >= 0.3 is 6.09 Å². The Balaban J connectivity index is 2.11. The zero-order valence-corrected chi connectivity index (χ0v) is 11.9. The van der Waals surface area contributed by atoms with Gasteiger partial charge in [-0.2, -0.15) is 0 Å². The zero-order chi connectivity index (χ0) is 13.6. The Labute approximate surface area is 109 Å². The number of likely N-dealkylation sites (tertiary alicyclic amines) is 1. The zero-order valence-electron chi connectivity index (χ0n) is 11.9. The third-order valence-corrected chi connectivity index (χ3v) is 4.19. The summed E-state index contributed by atoms with van der Waals surface area (Å²) in [4.78, 5) is 13.7. The van der Waals surface area contributed by atoms with E-state index >= 15 is 0 Å². The molecule has 0 aromatic heterocycles. The predicted molar refractivity (Wildman–Crippen MR) is 69.1 cm³/mol. The molecule has 104 valence electrons. The molecular formula is C14H25NO3. The molecule has 2 rings (SSSR count). The molecule has 1 aliphatic carbocycles. The molecule has 1 saturated carbocycles. The third kappa shape index (κ3) is 2.35. The number of rotatable bonds is 0. The minimum Gasteiger partial charge on any atom is -0.444 e. The summed E-state index contributed by atoms with van der Waals surface area (Å²) in [5.41, 5.74) is -0.585. The van der Waals surface area contributed by atoms with E-state index in [0.717, 1.165) is 32.1 Å². The van der Waals surface area contributed by atoms with Gasteiger partial charge in [-0.05, 0) is 47.0 Å². The molecule has 0 bridgehead atoms. The van der Waals surface area contributed by atoms with Crippen LogP contribution in [0.4, 0.5) is 4.79 Å². The number of hydrogen-bond acceptors (Lipinski definition) is 3. The lowest BCUT2D eigenvalue weighted by Gasteiger charge is -2.32. The van der Waals surface area contributed by atoms with Gasteiger partial charge in [0.25, 0.3) is 0 Å². The molecule has 18 heavy (non-hydrogen) atoms. The van der Waals surface area contributed by atoms with E-state index in [2.05, 4.69) is 0 Å². The summed E-state index contributed by atoms with van der Waals surface area (Å²) in [6.45, 7) is 7.55. The normalized spacial score (nSPS) is 31.1. The largest absolute Gasteiger partial charge is 0.444 e. The van der Waals surface area contributed by atoms with Gasteiger partial charge in [0.05, 0.1) is 0 Å². The Kier molecular flexibility index (Phi) is 3.34. The minimum absolute atomic E-state index is 0.0629. The van der Waals surface area contributed by atoms with Crippen LogP contribution in [-0.4, -0.2) is 34.0 Å². The van der Waals surface area contributed by atoms with Crippen molar-refractivity contribution in [3.8, 4) is 0 Å². The van der Waals surface area contributed by atoms with E-state index in [4.69, 9.17) is 4.74 Å². The first-order chi connectivity index (χ1) is 8.25. The van der Waals surface area contributed by atoms with Crippen molar-refractivity contribution in [2.45, 2.75) is 77.7 Å². The molecule has 1 N–H and O–H groups in total. The molecule has 2 unspecified atom stereocenters. The van der Waals surface area contributed by atoms with Crippen LogP contribution in [0.2, 0.25) is 0 Å². The molecule has 1 spiro atoms. The number of nitrogens with zero attached hydrogens (tertiary/aromatic N) is 1. The molecule has 1 amide bonds. The minimum atomic E-state index is -0.676. The molecular weight excluding hydrogens is 230 g/mol. The topological polar surface area (TPSA) is 49.8 Å². The first-order valence-electron chi connectivity index (χ1n) is 6.95. The van der Waals surface area contributed by atoms with Crippen LogP contribution in [0.1, 0.15) is 59.8 Å². The van der Waals surface area contributed by atoms with Crippen LogP contribution in [-0.2, 0) is 4.74 Å². The number of ether oxygens (including phenoxy) is 1. The van der Waals surface area contributed by atoms with Crippen molar-refractivity contribution < 1.29 is 14.6 Å². The number of amides is 1. The molecule has 0 radical (unpaired) electrons. The molecule has 0 aromatic carbocycles. The molecule has 2 aliphatic rings. The maximum atomic E-state index is 12.2. The molecule has 1 saturated heterocycles. The lowest BCUT2D eigenvalue weighted by molar-refractivity contribution is -0.0569. The van der Waals surface area contributed by atoms with Crippen molar-refractivity contribution in [1.29, 1.82) is 0 Å². The fourth-order valence-corrected chi connectivity index (χ4v) is 3.46. The fourth-order valence-electron chi connectivity index (χ4n) is 3.46. The van der Waals surface area contributed by atoms with Crippen molar-refractivity contribution in [2.24, 2.45) is 5.41 Å².